The van der Waals surface area contributed by atoms with Crippen LogP contribution in [0.25, 0.3) is 0 Å². The topological polar surface area (TPSA) is 23.6 Å². The van der Waals surface area contributed by atoms with E-state index in [9.17, 15) is 9.18 Å². The van der Waals surface area contributed by atoms with E-state index in [1.807, 2.05) is 28.0 Å². The zero-order valence-corrected chi connectivity index (χ0v) is 9.60. The number of nitrogens with zero attached hydrogens (tertiary/aromatic N) is 2. The molecule has 0 aliphatic carbocycles. The summed E-state index contributed by atoms with van der Waals surface area (Å²) in [6, 6.07) is 7.99. The first-order chi connectivity index (χ1) is 8.24. The molecule has 2 aliphatic rings. The van der Waals surface area contributed by atoms with E-state index in [-0.39, 0.29) is 5.91 Å². The SMILES string of the molecule is O=C(CN1CC(F)C1)N1CCc2ccccc21. The van der Waals surface area contributed by atoms with Gasteiger partial charge in [0.15, 0.2) is 0 Å². The number of hydrogen-bond donors (Lipinski definition) is 0. The Morgan fingerprint density at radius 1 is 1.35 bits per heavy atom. The Labute approximate surface area is 99.8 Å². The Morgan fingerprint density at radius 2 is 2.12 bits per heavy atom. The van der Waals surface area contributed by atoms with E-state index in [2.05, 4.69) is 6.07 Å². The number of hydrogen-bond acceptors (Lipinski definition) is 2. The molecule has 2 heterocycles. The van der Waals surface area contributed by atoms with Crippen molar-refractivity contribution < 1.29 is 9.18 Å². The number of alkyl halides is 1. The molecule has 1 amide bonds. The highest BCUT2D eigenvalue weighted by molar-refractivity contribution is 5.96. The number of rotatable bonds is 2. The van der Waals surface area contributed by atoms with Crippen LogP contribution in [0.5, 0.6) is 0 Å². The van der Waals surface area contributed by atoms with E-state index < -0.39 is 6.17 Å². The van der Waals surface area contributed by atoms with Gasteiger partial charge in [0, 0.05) is 25.3 Å². The standard InChI is InChI=1S/C13H15FN2O/c14-11-7-15(8-11)9-13(17)16-6-5-10-3-1-2-4-12(10)16/h1-4,11H,5-9H2. The molecule has 0 N–H and O–H groups in total. The van der Waals surface area contributed by atoms with Gasteiger partial charge in [0.2, 0.25) is 5.91 Å². The molecular weight excluding hydrogens is 219 g/mol. The summed E-state index contributed by atoms with van der Waals surface area (Å²) in [5.41, 5.74) is 2.25. The van der Waals surface area contributed by atoms with E-state index in [0.29, 0.717) is 19.6 Å². The average Bonchev–Trinajstić information content (AvgIpc) is 2.70. The number of halogens is 1. The van der Waals surface area contributed by atoms with Gasteiger partial charge in [-0.05, 0) is 18.1 Å². The van der Waals surface area contributed by atoms with Crippen molar-refractivity contribution >= 4 is 11.6 Å². The van der Waals surface area contributed by atoms with E-state index in [4.69, 9.17) is 0 Å². The Morgan fingerprint density at radius 3 is 2.88 bits per heavy atom. The summed E-state index contributed by atoms with van der Waals surface area (Å²) in [6.45, 7) is 1.91. The molecule has 0 atom stereocenters. The maximum Gasteiger partial charge on any atom is 0.241 e. The van der Waals surface area contributed by atoms with Gasteiger partial charge in [-0.3, -0.25) is 9.69 Å². The van der Waals surface area contributed by atoms with Crippen LogP contribution in [0.15, 0.2) is 24.3 Å². The second-order valence-corrected chi connectivity index (χ2v) is 4.72. The molecule has 0 saturated carbocycles. The quantitative estimate of drug-likeness (QED) is 0.768. The van der Waals surface area contributed by atoms with Crippen molar-refractivity contribution in [2.75, 3.05) is 31.1 Å². The molecule has 17 heavy (non-hydrogen) atoms. The monoisotopic (exact) mass is 234 g/mol. The third-order valence-corrected chi connectivity index (χ3v) is 3.46. The third-order valence-electron chi connectivity index (χ3n) is 3.46. The van der Waals surface area contributed by atoms with Crippen molar-refractivity contribution in [2.24, 2.45) is 0 Å². The van der Waals surface area contributed by atoms with Crippen LogP contribution in [0, 0.1) is 0 Å². The molecule has 3 rings (SSSR count). The Hall–Kier alpha value is -1.42. The molecule has 0 spiro atoms. The highest BCUT2D eigenvalue weighted by Crippen LogP contribution is 2.27. The van der Waals surface area contributed by atoms with Crippen LogP contribution in [0.3, 0.4) is 0 Å². The molecule has 0 aromatic heterocycles. The lowest BCUT2D eigenvalue weighted by Gasteiger charge is -2.34. The number of amides is 1. The molecule has 1 saturated heterocycles. The zero-order valence-electron chi connectivity index (χ0n) is 9.60. The van der Waals surface area contributed by atoms with Crippen LogP contribution in [-0.4, -0.2) is 43.2 Å². The van der Waals surface area contributed by atoms with E-state index >= 15 is 0 Å². The summed E-state index contributed by atoms with van der Waals surface area (Å²) in [7, 11) is 0. The van der Waals surface area contributed by atoms with Crippen molar-refractivity contribution in [1.82, 2.24) is 4.90 Å². The second-order valence-electron chi connectivity index (χ2n) is 4.72. The van der Waals surface area contributed by atoms with Crippen molar-refractivity contribution in [1.29, 1.82) is 0 Å². The van der Waals surface area contributed by atoms with Gasteiger partial charge in [0.25, 0.3) is 0 Å². The van der Waals surface area contributed by atoms with Crippen LogP contribution < -0.4 is 4.90 Å². The van der Waals surface area contributed by atoms with Crippen LogP contribution in [-0.2, 0) is 11.2 Å². The summed E-state index contributed by atoms with van der Waals surface area (Å²) in [5.74, 6) is 0.0850. The van der Waals surface area contributed by atoms with E-state index in [1.165, 1.54) is 5.56 Å². The normalized spacial score (nSPS) is 20.2. The van der Waals surface area contributed by atoms with Gasteiger partial charge in [-0.25, -0.2) is 4.39 Å². The van der Waals surface area contributed by atoms with Gasteiger partial charge in [0.05, 0.1) is 6.54 Å². The number of anilines is 1. The summed E-state index contributed by atoms with van der Waals surface area (Å²) in [4.78, 5) is 15.8. The lowest BCUT2D eigenvalue weighted by molar-refractivity contribution is -0.121. The Kier molecular flexibility index (Phi) is 2.59. The highest BCUT2D eigenvalue weighted by Gasteiger charge is 2.31. The van der Waals surface area contributed by atoms with Crippen LogP contribution in [0.2, 0.25) is 0 Å². The first-order valence-electron chi connectivity index (χ1n) is 5.99. The summed E-state index contributed by atoms with van der Waals surface area (Å²) >= 11 is 0. The predicted molar refractivity (Wildman–Crippen MR) is 63.8 cm³/mol. The molecule has 0 bridgehead atoms. The largest absolute Gasteiger partial charge is 0.311 e. The van der Waals surface area contributed by atoms with Gasteiger partial charge in [0.1, 0.15) is 6.17 Å². The summed E-state index contributed by atoms with van der Waals surface area (Å²) in [6.07, 6.45) is 0.182. The third kappa shape index (κ3) is 1.93. The first kappa shape index (κ1) is 10.7. The predicted octanol–water partition coefficient (Wildman–Crippen LogP) is 1.23. The van der Waals surface area contributed by atoms with Gasteiger partial charge < -0.3 is 4.90 Å². The van der Waals surface area contributed by atoms with Gasteiger partial charge in [-0.15, -0.1) is 0 Å². The highest BCUT2D eigenvalue weighted by atomic mass is 19.1. The van der Waals surface area contributed by atoms with Crippen LogP contribution in [0.1, 0.15) is 5.56 Å². The van der Waals surface area contributed by atoms with Crippen molar-refractivity contribution in [3.05, 3.63) is 29.8 Å². The van der Waals surface area contributed by atoms with E-state index in [0.717, 1.165) is 18.7 Å². The lowest BCUT2D eigenvalue weighted by atomic mass is 10.2. The van der Waals surface area contributed by atoms with Crippen LogP contribution in [0.4, 0.5) is 10.1 Å². The van der Waals surface area contributed by atoms with E-state index in [1.54, 1.807) is 0 Å². The molecule has 1 aromatic rings. The molecule has 0 radical (unpaired) electrons. The van der Waals surface area contributed by atoms with Gasteiger partial charge in [-0.1, -0.05) is 18.2 Å². The Bertz CT molecular complexity index is 443. The fourth-order valence-corrected chi connectivity index (χ4v) is 2.51. The number of likely N-dealkylation sites (tertiary alicyclic amines) is 1. The smallest absolute Gasteiger partial charge is 0.241 e. The molecule has 0 unspecified atom stereocenters. The van der Waals surface area contributed by atoms with Crippen LogP contribution >= 0.6 is 0 Å². The molecule has 3 nitrogen and oxygen atoms in total. The number of carbonyl (C=O) groups is 1. The summed E-state index contributed by atoms with van der Waals surface area (Å²) in [5, 5.41) is 0. The average molecular weight is 234 g/mol. The van der Waals surface area contributed by atoms with Crippen molar-refractivity contribution in [2.45, 2.75) is 12.6 Å². The molecule has 90 valence electrons. The maximum absolute atomic E-state index is 12.7. The number of para-hydroxylation sites is 1. The first-order valence-corrected chi connectivity index (χ1v) is 5.99. The van der Waals surface area contributed by atoms with Gasteiger partial charge in [-0.2, -0.15) is 0 Å². The van der Waals surface area contributed by atoms with Gasteiger partial charge >= 0.3 is 0 Å². The minimum absolute atomic E-state index is 0.0850. The maximum atomic E-state index is 12.7. The number of benzene rings is 1. The van der Waals surface area contributed by atoms with Crippen molar-refractivity contribution in [3.8, 4) is 0 Å². The molecular formula is C13H15FN2O. The Balaban J connectivity index is 1.67. The fraction of sp³-hybridized carbons (Fsp3) is 0.462. The lowest BCUT2D eigenvalue weighted by Crippen LogP contribution is -2.52. The molecule has 1 fully saturated rings. The molecule has 1 aromatic carbocycles. The molecule has 4 heteroatoms. The zero-order chi connectivity index (χ0) is 11.8. The van der Waals surface area contributed by atoms with Crippen molar-refractivity contribution in [3.63, 3.8) is 0 Å². The summed E-state index contributed by atoms with van der Waals surface area (Å²) < 4.78 is 12.7. The minimum atomic E-state index is -0.742. The molecule has 2 aliphatic heterocycles. The number of carbonyl (C=O) groups excluding carboxylic acids is 1. The fourth-order valence-electron chi connectivity index (χ4n) is 2.51. The number of fused-ring (bicyclic) bond motifs is 1. The second kappa shape index (κ2) is 4.11. The minimum Gasteiger partial charge on any atom is -0.311 e.